The molecule has 1 aliphatic heterocycles. The summed E-state index contributed by atoms with van der Waals surface area (Å²) in [5.74, 6) is -0.356. The Hall–Kier alpha value is -2.22. The highest BCUT2D eigenvalue weighted by Crippen LogP contribution is 2.27. The fourth-order valence-corrected chi connectivity index (χ4v) is 4.54. The van der Waals surface area contributed by atoms with Crippen LogP contribution >= 0.6 is 23.4 Å². The summed E-state index contributed by atoms with van der Waals surface area (Å²) in [6, 6.07) is 10.9. The van der Waals surface area contributed by atoms with Crippen molar-refractivity contribution in [2.75, 3.05) is 6.54 Å². The number of nitrogens with zero attached hydrogens (tertiary/aromatic N) is 2. The van der Waals surface area contributed by atoms with Crippen molar-refractivity contribution in [1.82, 2.24) is 14.9 Å². The van der Waals surface area contributed by atoms with Crippen LogP contribution in [0.15, 0.2) is 52.4 Å². The van der Waals surface area contributed by atoms with E-state index in [1.807, 2.05) is 0 Å². The fourth-order valence-electron chi connectivity index (χ4n) is 3.32. The predicted molar refractivity (Wildman–Crippen MR) is 110 cm³/mol. The Bertz CT molecular complexity index is 1070. The number of nitrogens with one attached hydrogen (secondary N) is 1. The fraction of sp³-hybridized carbons (Fsp3) is 0.238. The van der Waals surface area contributed by atoms with Crippen molar-refractivity contribution >= 4 is 23.4 Å². The highest BCUT2D eigenvalue weighted by molar-refractivity contribution is 7.98. The molecule has 2 aromatic carbocycles. The van der Waals surface area contributed by atoms with Crippen molar-refractivity contribution < 1.29 is 8.78 Å². The zero-order valence-corrected chi connectivity index (χ0v) is 17.0. The third-order valence-corrected chi connectivity index (χ3v) is 6.11. The molecule has 0 bridgehead atoms. The van der Waals surface area contributed by atoms with Crippen LogP contribution in [0.1, 0.15) is 22.4 Å². The molecule has 0 radical (unpaired) electrons. The minimum atomic E-state index is -0.373. The molecule has 29 heavy (non-hydrogen) atoms. The number of fused-ring (bicyclic) bond motifs is 1. The second kappa shape index (κ2) is 8.65. The van der Waals surface area contributed by atoms with Crippen molar-refractivity contribution in [1.29, 1.82) is 0 Å². The Morgan fingerprint density at radius 2 is 1.97 bits per heavy atom. The van der Waals surface area contributed by atoms with Gasteiger partial charge in [-0.1, -0.05) is 41.6 Å². The Morgan fingerprint density at radius 3 is 2.72 bits per heavy atom. The van der Waals surface area contributed by atoms with Gasteiger partial charge in [-0.05, 0) is 29.8 Å². The zero-order valence-electron chi connectivity index (χ0n) is 15.4. The van der Waals surface area contributed by atoms with Crippen molar-refractivity contribution in [2.24, 2.45) is 0 Å². The van der Waals surface area contributed by atoms with E-state index in [9.17, 15) is 13.6 Å². The molecule has 0 atom stereocenters. The van der Waals surface area contributed by atoms with Crippen LogP contribution < -0.4 is 5.56 Å². The number of benzene rings is 2. The van der Waals surface area contributed by atoms with E-state index in [0.29, 0.717) is 40.8 Å². The van der Waals surface area contributed by atoms with Crippen LogP contribution in [0.2, 0.25) is 5.02 Å². The first-order valence-electron chi connectivity index (χ1n) is 9.14. The Balaban J connectivity index is 1.46. The summed E-state index contributed by atoms with van der Waals surface area (Å²) in [5, 5.41) is 0.814. The molecule has 1 aromatic heterocycles. The monoisotopic (exact) mass is 433 g/mol. The third-order valence-electron chi connectivity index (χ3n) is 4.86. The molecular formula is C21H18ClF2N3OS. The molecule has 0 fully saturated rings. The minimum Gasteiger partial charge on any atom is -0.301 e. The summed E-state index contributed by atoms with van der Waals surface area (Å²) < 4.78 is 27.0. The summed E-state index contributed by atoms with van der Waals surface area (Å²) in [6.07, 6.45) is 0.647. The maximum atomic E-state index is 13.9. The molecule has 0 unspecified atom stereocenters. The maximum Gasteiger partial charge on any atom is 0.256 e. The zero-order chi connectivity index (χ0) is 20.4. The smallest absolute Gasteiger partial charge is 0.256 e. The van der Waals surface area contributed by atoms with Crippen LogP contribution in [0.5, 0.6) is 0 Å². The quantitative estimate of drug-likeness (QED) is 0.473. The largest absolute Gasteiger partial charge is 0.301 e. The summed E-state index contributed by atoms with van der Waals surface area (Å²) >= 11 is 7.31. The summed E-state index contributed by atoms with van der Waals surface area (Å²) in [4.78, 5) is 22.1. The van der Waals surface area contributed by atoms with E-state index >= 15 is 0 Å². The molecule has 0 aliphatic carbocycles. The average Bonchev–Trinajstić information content (AvgIpc) is 2.70. The van der Waals surface area contributed by atoms with E-state index in [1.54, 1.807) is 24.3 Å². The minimum absolute atomic E-state index is 0.180. The molecule has 0 saturated heterocycles. The van der Waals surface area contributed by atoms with Gasteiger partial charge in [-0.3, -0.25) is 9.69 Å². The molecule has 1 N–H and O–H groups in total. The average molecular weight is 434 g/mol. The molecule has 4 rings (SSSR count). The molecule has 3 aromatic rings. The lowest BCUT2D eigenvalue weighted by Crippen LogP contribution is -2.35. The molecule has 0 amide bonds. The van der Waals surface area contributed by atoms with E-state index in [2.05, 4.69) is 14.9 Å². The number of aromatic nitrogens is 2. The number of aromatic amines is 1. The number of rotatable bonds is 5. The van der Waals surface area contributed by atoms with Crippen LogP contribution in [0.3, 0.4) is 0 Å². The van der Waals surface area contributed by atoms with Crippen LogP contribution in [-0.4, -0.2) is 21.4 Å². The molecule has 8 heteroatoms. The number of hydrogen-bond donors (Lipinski definition) is 1. The summed E-state index contributed by atoms with van der Waals surface area (Å²) in [6.45, 7) is 1.88. The predicted octanol–water partition coefficient (Wildman–Crippen LogP) is 4.55. The molecule has 0 spiro atoms. The van der Waals surface area contributed by atoms with Crippen molar-refractivity contribution in [3.63, 3.8) is 0 Å². The summed E-state index contributed by atoms with van der Waals surface area (Å²) in [5.41, 5.74) is 2.62. The lowest BCUT2D eigenvalue weighted by Gasteiger charge is -2.27. The van der Waals surface area contributed by atoms with Gasteiger partial charge in [0.15, 0.2) is 5.16 Å². The van der Waals surface area contributed by atoms with Gasteiger partial charge in [-0.25, -0.2) is 13.8 Å². The van der Waals surface area contributed by atoms with Gasteiger partial charge in [0, 0.05) is 42.4 Å². The highest BCUT2D eigenvalue weighted by atomic mass is 35.5. The molecule has 150 valence electrons. The Labute approximate surface area is 175 Å². The number of halogens is 3. The normalized spacial score (nSPS) is 14.0. The van der Waals surface area contributed by atoms with Gasteiger partial charge in [0.2, 0.25) is 0 Å². The first-order chi connectivity index (χ1) is 14.0. The topological polar surface area (TPSA) is 49.0 Å². The molecular weight excluding hydrogens is 416 g/mol. The van der Waals surface area contributed by atoms with Gasteiger partial charge >= 0.3 is 0 Å². The SMILES string of the molecule is O=c1[nH]c(SCc2c(F)cccc2Cl)nc2c1CN(Cc1ccc(F)cc1)CC2. The lowest BCUT2D eigenvalue weighted by atomic mass is 10.1. The Kier molecular flexibility index (Phi) is 5.99. The van der Waals surface area contributed by atoms with Crippen molar-refractivity contribution in [3.8, 4) is 0 Å². The van der Waals surface area contributed by atoms with Gasteiger partial charge in [-0.15, -0.1) is 0 Å². The molecule has 1 aliphatic rings. The maximum absolute atomic E-state index is 13.9. The molecule has 4 nitrogen and oxygen atoms in total. The van der Waals surface area contributed by atoms with E-state index in [1.165, 1.54) is 30.0 Å². The first kappa shape index (κ1) is 20.1. The van der Waals surface area contributed by atoms with E-state index < -0.39 is 0 Å². The highest BCUT2D eigenvalue weighted by Gasteiger charge is 2.21. The van der Waals surface area contributed by atoms with Gasteiger partial charge in [-0.2, -0.15) is 0 Å². The van der Waals surface area contributed by atoms with Gasteiger partial charge < -0.3 is 4.98 Å². The van der Waals surface area contributed by atoms with Gasteiger partial charge in [0.1, 0.15) is 11.6 Å². The number of hydrogen-bond acceptors (Lipinski definition) is 4. The second-order valence-corrected chi connectivity index (χ2v) is 8.24. The van der Waals surface area contributed by atoms with Gasteiger partial charge in [0.05, 0.1) is 11.3 Å². The van der Waals surface area contributed by atoms with Crippen LogP contribution in [0.4, 0.5) is 8.78 Å². The van der Waals surface area contributed by atoms with E-state index in [4.69, 9.17) is 11.6 Å². The molecule has 2 heterocycles. The van der Waals surface area contributed by atoms with Crippen LogP contribution in [-0.2, 0) is 25.3 Å². The third kappa shape index (κ3) is 4.69. The summed E-state index contributed by atoms with van der Waals surface area (Å²) in [7, 11) is 0. The lowest BCUT2D eigenvalue weighted by molar-refractivity contribution is 0.241. The molecule has 0 saturated carbocycles. The number of H-pyrrole nitrogens is 1. The van der Waals surface area contributed by atoms with Crippen molar-refractivity contribution in [2.45, 2.75) is 30.4 Å². The standard InChI is InChI=1S/C21H18ClF2N3OS/c22-17-2-1-3-18(24)16(17)12-29-21-25-19-8-9-27(11-15(19)20(28)26-21)10-13-4-6-14(23)7-5-13/h1-7H,8-12H2,(H,25,26,28). The van der Waals surface area contributed by atoms with Crippen LogP contribution in [0.25, 0.3) is 0 Å². The van der Waals surface area contributed by atoms with E-state index in [0.717, 1.165) is 17.8 Å². The Morgan fingerprint density at radius 1 is 1.17 bits per heavy atom. The van der Waals surface area contributed by atoms with E-state index in [-0.39, 0.29) is 22.9 Å². The van der Waals surface area contributed by atoms with Gasteiger partial charge in [0.25, 0.3) is 5.56 Å². The van der Waals surface area contributed by atoms with Crippen molar-refractivity contribution in [3.05, 3.63) is 91.9 Å². The van der Waals surface area contributed by atoms with Crippen LogP contribution in [0, 0.1) is 11.6 Å². The number of thioether (sulfide) groups is 1. The first-order valence-corrected chi connectivity index (χ1v) is 10.5. The second-order valence-electron chi connectivity index (χ2n) is 6.87.